The standard InChI is InChI=1S/C30H45N5O5/c1-4-35(5-2)30(38)33-25(29(36)37)17-20-34(21-22-40-27-14-7-6-13-26(27)39-3)19-9-8-12-24-16-15-23-11-10-18-31-28(23)32-24/h6-7,13-16,25H,4-5,8-12,17-22H2,1-3H3,(H,31,32)(H,33,38)(H,36,37)/t25-/m0/s1. The Balaban J connectivity index is 1.55. The number of rotatable bonds is 17. The van der Waals surface area contributed by atoms with Gasteiger partial charge >= 0.3 is 12.0 Å². The summed E-state index contributed by atoms with van der Waals surface area (Å²) in [5.41, 5.74) is 2.38. The van der Waals surface area contributed by atoms with Crippen LogP contribution >= 0.6 is 0 Å². The van der Waals surface area contributed by atoms with Crippen LogP contribution in [0, 0.1) is 0 Å². The summed E-state index contributed by atoms with van der Waals surface area (Å²) in [7, 11) is 1.61. The van der Waals surface area contributed by atoms with Gasteiger partial charge in [-0.15, -0.1) is 0 Å². The molecule has 1 aromatic heterocycles. The first-order valence-electron chi connectivity index (χ1n) is 14.4. The predicted molar refractivity (Wildman–Crippen MR) is 156 cm³/mol. The monoisotopic (exact) mass is 555 g/mol. The van der Waals surface area contributed by atoms with E-state index in [1.165, 1.54) is 5.56 Å². The number of fused-ring (bicyclic) bond motifs is 1. The molecule has 3 N–H and O–H groups in total. The van der Waals surface area contributed by atoms with E-state index in [1.54, 1.807) is 12.0 Å². The molecule has 0 bridgehead atoms. The average Bonchev–Trinajstić information content (AvgIpc) is 2.97. The van der Waals surface area contributed by atoms with Crippen molar-refractivity contribution in [1.82, 2.24) is 20.1 Å². The van der Waals surface area contributed by atoms with Crippen molar-refractivity contribution in [2.24, 2.45) is 0 Å². The summed E-state index contributed by atoms with van der Waals surface area (Å²) in [5.74, 6) is 1.33. The second-order valence-corrected chi connectivity index (χ2v) is 9.94. The first kappa shape index (κ1) is 31.0. The molecule has 3 rings (SSSR count). The van der Waals surface area contributed by atoms with Crippen LogP contribution in [0.1, 0.15) is 50.8 Å². The highest BCUT2D eigenvalue weighted by molar-refractivity contribution is 5.82. The van der Waals surface area contributed by atoms with Crippen LogP contribution in [0.5, 0.6) is 11.5 Å². The van der Waals surface area contributed by atoms with Crippen LogP contribution in [0.25, 0.3) is 0 Å². The van der Waals surface area contributed by atoms with Crippen LogP contribution in [-0.2, 0) is 17.6 Å². The second-order valence-electron chi connectivity index (χ2n) is 9.94. The maximum absolute atomic E-state index is 12.5. The Hall–Kier alpha value is -3.53. The fraction of sp³-hybridized carbons (Fsp3) is 0.567. The first-order chi connectivity index (χ1) is 19.4. The van der Waals surface area contributed by atoms with Gasteiger partial charge in [-0.3, -0.25) is 4.90 Å². The van der Waals surface area contributed by atoms with Crippen LogP contribution in [0.15, 0.2) is 36.4 Å². The van der Waals surface area contributed by atoms with Gasteiger partial charge in [-0.05, 0) is 82.7 Å². The van der Waals surface area contributed by atoms with Crippen molar-refractivity contribution < 1.29 is 24.2 Å². The van der Waals surface area contributed by atoms with Gasteiger partial charge in [0.1, 0.15) is 18.5 Å². The molecule has 2 amide bonds. The number of benzene rings is 1. The number of para-hydroxylation sites is 2. The number of unbranched alkanes of at least 4 members (excludes halogenated alkanes) is 1. The average molecular weight is 556 g/mol. The van der Waals surface area contributed by atoms with Gasteiger partial charge < -0.3 is 30.1 Å². The first-order valence-corrected chi connectivity index (χ1v) is 14.4. The highest BCUT2D eigenvalue weighted by Crippen LogP contribution is 2.25. The van der Waals surface area contributed by atoms with Gasteiger partial charge in [-0.2, -0.15) is 0 Å². The van der Waals surface area contributed by atoms with E-state index in [0.29, 0.717) is 50.7 Å². The number of aryl methyl sites for hydroxylation is 2. The third-order valence-electron chi connectivity index (χ3n) is 7.22. The molecule has 0 radical (unpaired) electrons. The molecule has 10 nitrogen and oxygen atoms in total. The summed E-state index contributed by atoms with van der Waals surface area (Å²) in [6.07, 6.45) is 5.31. The van der Waals surface area contributed by atoms with Crippen molar-refractivity contribution in [2.75, 3.05) is 58.3 Å². The molecule has 1 atom stereocenters. The summed E-state index contributed by atoms with van der Waals surface area (Å²) < 4.78 is 11.4. The largest absolute Gasteiger partial charge is 0.493 e. The van der Waals surface area contributed by atoms with Gasteiger partial charge in [0, 0.05) is 38.4 Å². The molecule has 10 heteroatoms. The Morgan fingerprint density at radius 2 is 1.85 bits per heavy atom. The molecule has 1 aliphatic heterocycles. The fourth-order valence-corrected chi connectivity index (χ4v) is 4.83. The minimum atomic E-state index is -1.03. The van der Waals surface area contributed by atoms with Crippen LogP contribution in [0.3, 0.4) is 0 Å². The summed E-state index contributed by atoms with van der Waals surface area (Å²) >= 11 is 0. The van der Waals surface area contributed by atoms with E-state index >= 15 is 0 Å². The number of amides is 2. The van der Waals surface area contributed by atoms with E-state index in [2.05, 4.69) is 27.7 Å². The molecular weight excluding hydrogens is 510 g/mol. The molecule has 0 saturated carbocycles. The van der Waals surface area contributed by atoms with Gasteiger partial charge in [-0.1, -0.05) is 18.2 Å². The summed E-state index contributed by atoms with van der Waals surface area (Å²) in [4.78, 5) is 33.0. The Kier molecular flexibility index (Phi) is 12.8. The zero-order valence-corrected chi connectivity index (χ0v) is 24.2. The number of aliphatic carboxylic acids is 1. The second kappa shape index (κ2) is 16.5. The molecule has 1 aromatic carbocycles. The van der Waals surface area contributed by atoms with Gasteiger partial charge in [0.15, 0.2) is 11.5 Å². The SMILES string of the molecule is CCN(CC)C(=O)N[C@@H](CCN(CCCCc1ccc2c(n1)NCCC2)CCOc1ccccc1OC)C(=O)O. The number of aromatic nitrogens is 1. The molecular formula is C30H45N5O5. The van der Waals surface area contributed by atoms with E-state index in [-0.39, 0.29) is 6.03 Å². The lowest BCUT2D eigenvalue weighted by atomic mass is 10.1. The zero-order valence-electron chi connectivity index (χ0n) is 24.2. The minimum Gasteiger partial charge on any atom is -0.493 e. The quantitative estimate of drug-likeness (QED) is 0.251. The van der Waals surface area contributed by atoms with Gasteiger partial charge in [0.05, 0.1) is 7.11 Å². The lowest BCUT2D eigenvalue weighted by Crippen LogP contribution is -2.49. The lowest BCUT2D eigenvalue weighted by molar-refractivity contribution is -0.139. The van der Waals surface area contributed by atoms with E-state index in [4.69, 9.17) is 14.5 Å². The van der Waals surface area contributed by atoms with Crippen LogP contribution in [0.2, 0.25) is 0 Å². The van der Waals surface area contributed by atoms with E-state index in [0.717, 1.165) is 56.7 Å². The molecule has 1 aliphatic rings. The van der Waals surface area contributed by atoms with E-state index < -0.39 is 12.0 Å². The Morgan fingerprint density at radius 1 is 1.07 bits per heavy atom. The van der Waals surface area contributed by atoms with Crippen molar-refractivity contribution in [2.45, 2.75) is 58.4 Å². The number of ether oxygens (including phenoxy) is 2. The smallest absolute Gasteiger partial charge is 0.326 e. The van der Waals surface area contributed by atoms with Crippen LogP contribution in [0.4, 0.5) is 10.6 Å². The van der Waals surface area contributed by atoms with Crippen molar-refractivity contribution in [3.05, 3.63) is 47.7 Å². The molecule has 2 heterocycles. The molecule has 2 aromatic rings. The Morgan fingerprint density at radius 3 is 2.58 bits per heavy atom. The van der Waals surface area contributed by atoms with Crippen molar-refractivity contribution in [1.29, 1.82) is 0 Å². The maximum atomic E-state index is 12.5. The molecule has 0 aliphatic carbocycles. The molecule has 40 heavy (non-hydrogen) atoms. The number of carbonyl (C=O) groups excluding carboxylic acids is 1. The number of methoxy groups -OCH3 is 1. The van der Waals surface area contributed by atoms with Gasteiger partial charge in [0.2, 0.25) is 0 Å². The van der Waals surface area contributed by atoms with E-state index in [1.807, 2.05) is 38.1 Å². The van der Waals surface area contributed by atoms with Crippen molar-refractivity contribution >= 4 is 17.8 Å². The number of carboxylic acid groups (broad SMARTS) is 1. The van der Waals surface area contributed by atoms with Crippen LogP contribution < -0.4 is 20.1 Å². The molecule has 220 valence electrons. The molecule has 0 unspecified atom stereocenters. The maximum Gasteiger partial charge on any atom is 0.326 e. The summed E-state index contributed by atoms with van der Waals surface area (Å²) in [5, 5.41) is 15.8. The Labute approximate surface area is 238 Å². The normalized spacial score (nSPS) is 13.2. The lowest BCUT2D eigenvalue weighted by Gasteiger charge is -2.26. The highest BCUT2D eigenvalue weighted by Gasteiger charge is 2.23. The van der Waals surface area contributed by atoms with Crippen molar-refractivity contribution in [3.63, 3.8) is 0 Å². The number of hydrogen-bond donors (Lipinski definition) is 3. The number of anilines is 1. The summed E-state index contributed by atoms with van der Waals surface area (Å²) in [6, 6.07) is 10.5. The highest BCUT2D eigenvalue weighted by atomic mass is 16.5. The van der Waals surface area contributed by atoms with E-state index in [9.17, 15) is 14.7 Å². The third-order valence-corrected chi connectivity index (χ3v) is 7.22. The molecule has 0 fully saturated rings. The number of hydrogen-bond acceptors (Lipinski definition) is 7. The topological polar surface area (TPSA) is 116 Å². The number of pyridine rings is 1. The zero-order chi connectivity index (χ0) is 28.7. The third kappa shape index (κ3) is 9.59. The predicted octanol–water partition coefficient (Wildman–Crippen LogP) is 4.05. The van der Waals surface area contributed by atoms with Crippen LogP contribution in [-0.4, -0.2) is 90.9 Å². The van der Waals surface area contributed by atoms with Crippen molar-refractivity contribution in [3.8, 4) is 11.5 Å². The number of nitrogens with one attached hydrogen (secondary N) is 2. The Bertz CT molecular complexity index is 1080. The summed E-state index contributed by atoms with van der Waals surface area (Å²) in [6.45, 7) is 8.13. The minimum absolute atomic E-state index is 0.301. The molecule has 0 saturated heterocycles. The number of nitrogens with zero attached hydrogens (tertiary/aromatic N) is 3. The van der Waals surface area contributed by atoms with Gasteiger partial charge in [-0.25, -0.2) is 14.6 Å². The number of carbonyl (C=O) groups is 2. The van der Waals surface area contributed by atoms with Gasteiger partial charge in [0.25, 0.3) is 0 Å². The fourth-order valence-electron chi connectivity index (χ4n) is 4.83. The molecule has 0 spiro atoms. The number of urea groups is 1. The number of carboxylic acids is 1.